The van der Waals surface area contributed by atoms with Crippen molar-refractivity contribution in [2.75, 3.05) is 0 Å². The minimum atomic E-state index is -4.43. The number of hydrogen-bond donors (Lipinski definition) is 0. The maximum atomic E-state index is 12.8. The van der Waals surface area contributed by atoms with Crippen LogP contribution in [-0.4, -0.2) is 14.7 Å². The van der Waals surface area contributed by atoms with Gasteiger partial charge in [-0.15, -0.1) is 0 Å². The molecule has 0 radical (unpaired) electrons. The van der Waals surface area contributed by atoms with E-state index >= 15 is 0 Å². The number of rotatable bonds is 3. The summed E-state index contributed by atoms with van der Waals surface area (Å²) in [7, 11) is 0. The molecule has 0 bridgehead atoms. The third-order valence-electron chi connectivity index (χ3n) is 3.39. The van der Waals surface area contributed by atoms with Gasteiger partial charge in [0.2, 0.25) is 0 Å². The summed E-state index contributed by atoms with van der Waals surface area (Å²) >= 11 is 0. The molecule has 0 amide bonds. The summed E-state index contributed by atoms with van der Waals surface area (Å²) in [5.41, 5.74) is -0.605. The van der Waals surface area contributed by atoms with Gasteiger partial charge in [0.25, 0.3) is 11.4 Å². The van der Waals surface area contributed by atoms with Gasteiger partial charge in [-0.25, -0.2) is 0 Å². The van der Waals surface area contributed by atoms with Gasteiger partial charge in [0.1, 0.15) is 5.56 Å². The zero-order valence-electron chi connectivity index (χ0n) is 12.5. The van der Waals surface area contributed by atoms with Crippen molar-refractivity contribution >= 4 is 0 Å². The van der Waals surface area contributed by atoms with Crippen LogP contribution in [0.5, 0.6) is 0 Å². The van der Waals surface area contributed by atoms with Crippen molar-refractivity contribution in [1.82, 2.24) is 14.7 Å². The van der Waals surface area contributed by atoms with Crippen LogP contribution in [0.25, 0.3) is 11.5 Å². The van der Waals surface area contributed by atoms with Crippen LogP contribution in [0.4, 0.5) is 13.2 Å². The highest BCUT2D eigenvalue weighted by atomic mass is 19.4. The monoisotopic (exact) mass is 335 g/mol. The smallest absolute Gasteiger partial charge is 0.334 e. The molecule has 0 saturated heterocycles. The Bertz CT molecular complexity index is 929. The molecule has 1 aromatic carbocycles. The van der Waals surface area contributed by atoms with E-state index in [4.69, 9.17) is 4.52 Å². The van der Waals surface area contributed by atoms with Crippen molar-refractivity contribution in [2.45, 2.75) is 19.6 Å². The minimum absolute atomic E-state index is 0.00368. The predicted molar refractivity (Wildman–Crippen MR) is 79.3 cm³/mol. The van der Waals surface area contributed by atoms with E-state index in [0.717, 1.165) is 12.1 Å². The largest absolute Gasteiger partial charge is 0.416 e. The summed E-state index contributed by atoms with van der Waals surface area (Å²) in [6, 6.07) is 7.99. The minimum Gasteiger partial charge on any atom is -0.334 e. The molecule has 0 spiro atoms. The first-order valence-corrected chi connectivity index (χ1v) is 7.01. The molecule has 124 valence electrons. The Morgan fingerprint density at radius 2 is 2.00 bits per heavy atom. The van der Waals surface area contributed by atoms with E-state index in [1.165, 1.54) is 29.0 Å². The first kappa shape index (κ1) is 16.0. The lowest BCUT2D eigenvalue weighted by molar-refractivity contribution is -0.137. The first-order chi connectivity index (χ1) is 11.3. The van der Waals surface area contributed by atoms with Crippen LogP contribution in [0.2, 0.25) is 0 Å². The maximum Gasteiger partial charge on any atom is 0.416 e. The molecule has 2 aromatic heterocycles. The Kier molecular flexibility index (Phi) is 3.96. The summed E-state index contributed by atoms with van der Waals surface area (Å²) in [6.07, 6.45) is -2.93. The summed E-state index contributed by atoms with van der Waals surface area (Å²) in [5, 5.41) is 3.63. The van der Waals surface area contributed by atoms with Crippen molar-refractivity contribution in [2.24, 2.45) is 0 Å². The van der Waals surface area contributed by atoms with Crippen LogP contribution in [-0.2, 0) is 12.7 Å². The molecule has 0 fully saturated rings. The third-order valence-corrected chi connectivity index (χ3v) is 3.39. The maximum absolute atomic E-state index is 12.8. The van der Waals surface area contributed by atoms with E-state index in [1.807, 2.05) is 0 Å². The molecular formula is C16H12F3N3O2. The molecule has 0 aliphatic rings. The van der Waals surface area contributed by atoms with E-state index in [0.29, 0.717) is 11.4 Å². The van der Waals surface area contributed by atoms with E-state index in [1.54, 1.807) is 13.0 Å². The van der Waals surface area contributed by atoms with E-state index in [-0.39, 0.29) is 18.0 Å². The van der Waals surface area contributed by atoms with Crippen molar-refractivity contribution in [3.63, 3.8) is 0 Å². The normalized spacial score (nSPS) is 11.7. The van der Waals surface area contributed by atoms with Crippen molar-refractivity contribution < 1.29 is 17.7 Å². The van der Waals surface area contributed by atoms with Gasteiger partial charge < -0.3 is 9.09 Å². The SMILES string of the molecule is Cc1noc(-c2cccn(Cc3cccc(C(F)(F)F)c3)c2=O)n1. The number of halogens is 3. The second-order valence-corrected chi connectivity index (χ2v) is 5.20. The molecule has 3 rings (SSSR count). The van der Waals surface area contributed by atoms with Crippen LogP contribution in [0, 0.1) is 6.92 Å². The summed E-state index contributed by atoms with van der Waals surface area (Å²) < 4.78 is 44.6. The van der Waals surface area contributed by atoms with Crippen molar-refractivity contribution in [3.05, 3.63) is 69.9 Å². The Balaban J connectivity index is 1.96. The predicted octanol–water partition coefficient (Wildman–Crippen LogP) is 3.27. The summed E-state index contributed by atoms with van der Waals surface area (Å²) in [4.78, 5) is 16.5. The molecule has 0 atom stereocenters. The molecule has 5 nitrogen and oxygen atoms in total. The van der Waals surface area contributed by atoms with E-state index in [2.05, 4.69) is 10.1 Å². The Hall–Kier alpha value is -2.90. The fourth-order valence-electron chi connectivity index (χ4n) is 2.27. The molecule has 0 saturated carbocycles. The standard InChI is InChI=1S/C16H12F3N3O2/c1-10-20-14(24-21-10)13-6-3-7-22(15(13)23)9-11-4-2-5-12(8-11)16(17,18)19/h2-8H,9H2,1H3. The molecule has 0 N–H and O–H groups in total. The second kappa shape index (κ2) is 5.95. The van der Waals surface area contributed by atoms with Gasteiger partial charge in [0, 0.05) is 6.20 Å². The Morgan fingerprint density at radius 3 is 2.67 bits per heavy atom. The number of hydrogen-bond acceptors (Lipinski definition) is 4. The quantitative estimate of drug-likeness (QED) is 0.737. The highest BCUT2D eigenvalue weighted by molar-refractivity contribution is 5.50. The number of nitrogens with zero attached hydrogens (tertiary/aromatic N) is 3. The summed E-state index contributed by atoms with van der Waals surface area (Å²) in [6.45, 7) is 1.63. The number of aromatic nitrogens is 3. The van der Waals surface area contributed by atoms with Crippen LogP contribution in [0.15, 0.2) is 51.9 Å². The van der Waals surface area contributed by atoms with Crippen molar-refractivity contribution in [1.29, 1.82) is 0 Å². The fraction of sp³-hybridized carbons (Fsp3) is 0.188. The molecule has 0 aliphatic carbocycles. The molecule has 8 heteroatoms. The molecule has 3 aromatic rings. The van der Waals surface area contributed by atoms with E-state index in [9.17, 15) is 18.0 Å². The zero-order valence-corrected chi connectivity index (χ0v) is 12.5. The molecule has 0 aliphatic heterocycles. The van der Waals surface area contributed by atoms with Gasteiger partial charge in [-0.05, 0) is 36.8 Å². The summed E-state index contributed by atoms with van der Waals surface area (Å²) in [5.74, 6) is 0.466. The van der Waals surface area contributed by atoms with Gasteiger partial charge in [0.15, 0.2) is 5.82 Å². The zero-order chi connectivity index (χ0) is 17.3. The van der Waals surface area contributed by atoms with Gasteiger partial charge >= 0.3 is 6.18 Å². The molecule has 24 heavy (non-hydrogen) atoms. The van der Waals surface area contributed by atoms with Gasteiger partial charge in [-0.1, -0.05) is 17.3 Å². The lowest BCUT2D eigenvalue weighted by Crippen LogP contribution is -2.21. The first-order valence-electron chi connectivity index (χ1n) is 7.01. The highest BCUT2D eigenvalue weighted by Gasteiger charge is 2.30. The number of alkyl halides is 3. The fourth-order valence-corrected chi connectivity index (χ4v) is 2.27. The third kappa shape index (κ3) is 3.22. The number of aryl methyl sites for hydroxylation is 1. The lowest BCUT2D eigenvalue weighted by Gasteiger charge is -2.10. The topological polar surface area (TPSA) is 60.9 Å². The van der Waals surface area contributed by atoms with Crippen LogP contribution < -0.4 is 5.56 Å². The molecule has 2 heterocycles. The number of pyridine rings is 1. The Morgan fingerprint density at radius 1 is 1.21 bits per heavy atom. The highest BCUT2D eigenvalue weighted by Crippen LogP contribution is 2.29. The van der Waals surface area contributed by atoms with Crippen molar-refractivity contribution in [3.8, 4) is 11.5 Å². The molecule has 0 unspecified atom stereocenters. The van der Waals surface area contributed by atoms with Gasteiger partial charge in [-0.3, -0.25) is 4.79 Å². The van der Waals surface area contributed by atoms with Gasteiger partial charge in [0.05, 0.1) is 12.1 Å². The molecular weight excluding hydrogens is 323 g/mol. The Labute approximate surface area is 134 Å². The average molecular weight is 335 g/mol. The lowest BCUT2D eigenvalue weighted by atomic mass is 10.1. The van der Waals surface area contributed by atoms with Crippen LogP contribution in [0.1, 0.15) is 17.0 Å². The van der Waals surface area contributed by atoms with Gasteiger partial charge in [-0.2, -0.15) is 18.2 Å². The van der Waals surface area contributed by atoms with Crippen LogP contribution >= 0.6 is 0 Å². The number of benzene rings is 1. The van der Waals surface area contributed by atoms with E-state index < -0.39 is 17.3 Å². The average Bonchev–Trinajstić information content (AvgIpc) is 2.95. The second-order valence-electron chi connectivity index (χ2n) is 5.20. The van der Waals surface area contributed by atoms with Crippen LogP contribution in [0.3, 0.4) is 0 Å².